The van der Waals surface area contributed by atoms with E-state index < -0.39 is 12.0 Å². The molecule has 4 fully saturated rings. The summed E-state index contributed by atoms with van der Waals surface area (Å²) in [6.07, 6.45) is 7.56. The van der Waals surface area contributed by atoms with Crippen molar-refractivity contribution in [2.45, 2.75) is 75.9 Å². The molecule has 2 aromatic rings. The smallest absolute Gasteiger partial charge is 0.317 e. The second kappa shape index (κ2) is 7.73. The molecule has 2 saturated heterocycles. The highest BCUT2D eigenvalue weighted by Gasteiger charge is 2.49. The van der Waals surface area contributed by atoms with Crippen molar-refractivity contribution < 1.29 is 13.5 Å². The predicted octanol–water partition coefficient (Wildman–Crippen LogP) is 5.37. The van der Waals surface area contributed by atoms with Gasteiger partial charge in [0, 0.05) is 24.3 Å². The van der Waals surface area contributed by atoms with Gasteiger partial charge >= 0.3 is 6.01 Å². The molecule has 2 aromatic heterocycles. The van der Waals surface area contributed by atoms with Gasteiger partial charge in [0.25, 0.3) is 0 Å². The van der Waals surface area contributed by atoms with Gasteiger partial charge in [0.15, 0.2) is 11.0 Å². The summed E-state index contributed by atoms with van der Waals surface area (Å²) in [5, 5.41) is 0.502. The van der Waals surface area contributed by atoms with Crippen molar-refractivity contribution in [1.29, 1.82) is 0 Å². The Kier molecular flexibility index (Phi) is 5.06. The molecular weight excluding hydrogens is 434 g/mol. The number of nitrogens with zero attached hydrogens (tertiary/aromatic N) is 4. The van der Waals surface area contributed by atoms with Crippen LogP contribution in [0.15, 0.2) is 0 Å². The fourth-order valence-electron chi connectivity index (χ4n) is 7.06. The molecule has 2 unspecified atom stereocenters. The molecule has 4 heterocycles. The van der Waals surface area contributed by atoms with E-state index in [0.29, 0.717) is 42.5 Å². The largest absolute Gasteiger partial charge is 0.461 e. The van der Waals surface area contributed by atoms with Crippen LogP contribution in [0, 0.1) is 24.6 Å². The Balaban J connectivity index is 1.39. The molecule has 2 aliphatic heterocycles. The molecule has 2 saturated carbocycles. The number of rotatable bonds is 4. The van der Waals surface area contributed by atoms with Crippen molar-refractivity contribution in [3.05, 3.63) is 22.4 Å². The minimum atomic E-state index is -0.824. The first-order chi connectivity index (χ1) is 15.4. The Morgan fingerprint density at radius 1 is 1.16 bits per heavy atom. The van der Waals surface area contributed by atoms with Gasteiger partial charge in [-0.2, -0.15) is 9.97 Å². The summed E-state index contributed by atoms with van der Waals surface area (Å²) >= 11 is 6.07. The van der Waals surface area contributed by atoms with Crippen LogP contribution in [0.25, 0.3) is 10.9 Å². The average molecular weight is 463 g/mol. The number of aryl methyl sites for hydroxylation is 1. The number of hydrogen-bond acceptors (Lipinski definition) is 5. The first-order valence-corrected chi connectivity index (χ1v) is 12.3. The summed E-state index contributed by atoms with van der Waals surface area (Å²) in [6, 6.07) is 0.175. The molecule has 0 radical (unpaired) electrons. The molecule has 0 N–H and O–H groups in total. The van der Waals surface area contributed by atoms with Crippen LogP contribution in [-0.2, 0) is 0 Å². The Bertz CT molecular complexity index is 1060. The van der Waals surface area contributed by atoms with Crippen molar-refractivity contribution in [2.24, 2.45) is 11.8 Å². The third kappa shape index (κ3) is 3.38. The summed E-state index contributed by atoms with van der Waals surface area (Å²) in [5.41, 5.74) is 1.39. The van der Waals surface area contributed by atoms with Crippen LogP contribution in [0.2, 0.25) is 5.15 Å². The average Bonchev–Trinajstić information content (AvgIpc) is 3.40. The predicted molar refractivity (Wildman–Crippen MR) is 118 cm³/mol. The number of pyridine rings is 1. The van der Waals surface area contributed by atoms with E-state index in [1.54, 1.807) is 0 Å². The highest BCUT2D eigenvalue weighted by molar-refractivity contribution is 6.30. The number of halogens is 3. The molecule has 8 heteroatoms. The zero-order valence-corrected chi connectivity index (χ0v) is 19.2. The minimum absolute atomic E-state index is 0.175. The van der Waals surface area contributed by atoms with Gasteiger partial charge in [-0.1, -0.05) is 24.4 Å². The fourth-order valence-corrected chi connectivity index (χ4v) is 7.28. The maximum atomic E-state index is 15.1. The monoisotopic (exact) mass is 462 g/mol. The number of fused-ring (bicyclic) bond motifs is 4. The van der Waals surface area contributed by atoms with Gasteiger partial charge in [0.05, 0.1) is 16.9 Å². The molecule has 4 atom stereocenters. The second-order valence-electron chi connectivity index (χ2n) is 10.5. The van der Waals surface area contributed by atoms with Gasteiger partial charge in [-0.15, -0.1) is 0 Å². The SMILES string of the molecule is Cc1nc(Cl)c(F)c2nc(OC[C@@]34CCCN3C[C@H](F)C4)nc(C3CC4CCC(C4)C3)c12. The molecule has 172 valence electrons. The molecule has 0 aromatic carbocycles. The van der Waals surface area contributed by atoms with Crippen LogP contribution >= 0.6 is 11.6 Å². The van der Waals surface area contributed by atoms with E-state index in [2.05, 4.69) is 14.9 Å². The molecule has 32 heavy (non-hydrogen) atoms. The standard InChI is InChI=1S/C24H29ClF2N4O/c1-13-18-20(16-8-14-3-4-15(7-14)9-16)29-23(30-21(18)19(27)22(25)28-13)32-12-24-5-2-6-31(24)11-17(26)10-24/h14-17H,2-12H2,1H3/t14?,15?,16?,17-,24+/m1/s1. The molecule has 0 spiro atoms. The Morgan fingerprint density at radius 3 is 2.72 bits per heavy atom. The molecule has 0 amide bonds. The third-order valence-electron chi connectivity index (χ3n) is 8.44. The van der Waals surface area contributed by atoms with E-state index >= 15 is 4.39 Å². The van der Waals surface area contributed by atoms with Gasteiger partial charge in [0.2, 0.25) is 0 Å². The van der Waals surface area contributed by atoms with Crippen LogP contribution in [0.4, 0.5) is 8.78 Å². The summed E-state index contributed by atoms with van der Waals surface area (Å²) < 4.78 is 35.4. The van der Waals surface area contributed by atoms with Gasteiger partial charge in [0.1, 0.15) is 18.3 Å². The zero-order chi connectivity index (χ0) is 22.0. The van der Waals surface area contributed by atoms with Crippen molar-refractivity contribution in [2.75, 3.05) is 19.7 Å². The van der Waals surface area contributed by atoms with Crippen molar-refractivity contribution in [3.63, 3.8) is 0 Å². The van der Waals surface area contributed by atoms with E-state index in [1.165, 1.54) is 19.3 Å². The van der Waals surface area contributed by atoms with Crippen LogP contribution < -0.4 is 4.74 Å². The molecule has 2 bridgehead atoms. The van der Waals surface area contributed by atoms with Crippen LogP contribution in [-0.4, -0.2) is 51.3 Å². The summed E-state index contributed by atoms with van der Waals surface area (Å²) in [6.45, 7) is 3.53. The lowest BCUT2D eigenvalue weighted by Gasteiger charge is -2.31. The topological polar surface area (TPSA) is 51.1 Å². The first-order valence-electron chi connectivity index (χ1n) is 12.0. The normalized spacial score (nSPS) is 34.4. The number of hydrogen-bond donors (Lipinski definition) is 0. The first kappa shape index (κ1) is 21.0. The van der Waals surface area contributed by atoms with Crippen LogP contribution in [0.5, 0.6) is 6.01 Å². The summed E-state index contributed by atoms with van der Waals surface area (Å²) in [7, 11) is 0. The van der Waals surface area contributed by atoms with E-state index in [9.17, 15) is 4.39 Å². The maximum Gasteiger partial charge on any atom is 0.317 e. The Morgan fingerprint density at radius 2 is 1.94 bits per heavy atom. The lowest BCUT2D eigenvalue weighted by molar-refractivity contribution is 0.107. The Labute approximate surface area is 191 Å². The molecule has 5 nitrogen and oxygen atoms in total. The van der Waals surface area contributed by atoms with Gasteiger partial charge in [-0.25, -0.2) is 13.8 Å². The van der Waals surface area contributed by atoms with E-state index in [0.717, 1.165) is 37.9 Å². The summed E-state index contributed by atoms with van der Waals surface area (Å²) in [5.74, 6) is 1.05. The van der Waals surface area contributed by atoms with Crippen molar-refractivity contribution in [3.8, 4) is 6.01 Å². The molecule has 6 rings (SSSR count). The highest BCUT2D eigenvalue weighted by Crippen LogP contribution is 2.49. The number of aromatic nitrogens is 3. The quantitative estimate of drug-likeness (QED) is 0.571. The van der Waals surface area contributed by atoms with E-state index in [-0.39, 0.29) is 28.1 Å². The molecule has 4 aliphatic rings. The van der Waals surface area contributed by atoms with Gasteiger partial charge in [-0.05, 0) is 57.4 Å². The molecule has 2 aliphatic carbocycles. The van der Waals surface area contributed by atoms with Gasteiger partial charge in [-0.3, -0.25) is 4.90 Å². The van der Waals surface area contributed by atoms with E-state index in [4.69, 9.17) is 21.3 Å². The third-order valence-corrected chi connectivity index (χ3v) is 8.69. The van der Waals surface area contributed by atoms with Gasteiger partial charge < -0.3 is 4.74 Å². The lowest BCUT2D eigenvalue weighted by atomic mass is 9.78. The number of ether oxygens (including phenoxy) is 1. The van der Waals surface area contributed by atoms with Crippen molar-refractivity contribution in [1.82, 2.24) is 19.9 Å². The minimum Gasteiger partial charge on any atom is -0.461 e. The second-order valence-corrected chi connectivity index (χ2v) is 10.9. The highest BCUT2D eigenvalue weighted by atomic mass is 35.5. The lowest BCUT2D eigenvalue weighted by Crippen LogP contribution is -2.43. The Hall–Kier alpha value is -1.60. The molecular formula is C24H29ClF2N4O. The number of alkyl halides is 1. The van der Waals surface area contributed by atoms with Crippen molar-refractivity contribution >= 4 is 22.5 Å². The van der Waals surface area contributed by atoms with Crippen LogP contribution in [0.1, 0.15) is 68.7 Å². The fraction of sp³-hybridized carbons (Fsp3) is 0.708. The summed E-state index contributed by atoms with van der Waals surface area (Å²) in [4.78, 5) is 15.7. The van der Waals surface area contributed by atoms with Crippen LogP contribution in [0.3, 0.4) is 0 Å². The maximum absolute atomic E-state index is 15.1. The zero-order valence-electron chi connectivity index (χ0n) is 18.4. The van der Waals surface area contributed by atoms with E-state index in [1.807, 2.05) is 6.92 Å².